The van der Waals surface area contributed by atoms with Crippen molar-refractivity contribution in [2.75, 3.05) is 32.7 Å². The van der Waals surface area contributed by atoms with E-state index < -0.39 is 10.0 Å². The Labute approximate surface area is 204 Å². The van der Waals surface area contributed by atoms with Gasteiger partial charge in [-0.25, -0.2) is 8.42 Å². The van der Waals surface area contributed by atoms with Gasteiger partial charge in [0.15, 0.2) is 5.78 Å². The quantitative estimate of drug-likeness (QED) is 0.354. The number of piperazine rings is 1. The summed E-state index contributed by atoms with van der Waals surface area (Å²) >= 11 is 1.24. The van der Waals surface area contributed by atoms with E-state index in [0.717, 1.165) is 34.3 Å². The van der Waals surface area contributed by atoms with Gasteiger partial charge in [-0.1, -0.05) is 54.6 Å². The fourth-order valence-corrected chi connectivity index (χ4v) is 7.32. The zero-order valence-corrected chi connectivity index (χ0v) is 20.7. The second-order valence-electron chi connectivity index (χ2n) is 8.39. The summed E-state index contributed by atoms with van der Waals surface area (Å²) in [5.41, 5.74) is 3.78. The predicted octanol–water partition coefficient (Wildman–Crippen LogP) is 4.58. The molecule has 8 heteroatoms. The molecule has 0 aliphatic carbocycles. The van der Waals surface area contributed by atoms with Crippen molar-refractivity contribution >= 4 is 38.0 Å². The fourth-order valence-electron chi connectivity index (χ4n) is 4.76. The van der Waals surface area contributed by atoms with E-state index in [-0.39, 0.29) is 12.3 Å². The summed E-state index contributed by atoms with van der Waals surface area (Å²) in [6, 6.07) is 21.5. The summed E-state index contributed by atoms with van der Waals surface area (Å²) in [7, 11) is -3.46. The van der Waals surface area contributed by atoms with E-state index in [4.69, 9.17) is 0 Å². The highest BCUT2D eigenvalue weighted by molar-refractivity contribution is 7.91. The van der Waals surface area contributed by atoms with Crippen molar-refractivity contribution in [3.63, 3.8) is 0 Å². The molecule has 0 unspecified atom stereocenters. The van der Waals surface area contributed by atoms with Gasteiger partial charge in [0.1, 0.15) is 4.21 Å². The molecule has 0 bridgehead atoms. The Bertz CT molecular complexity index is 1400. The summed E-state index contributed by atoms with van der Waals surface area (Å²) < 4.78 is 29.8. The Morgan fingerprint density at radius 2 is 1.62 bits per heavy atom. The first-order chi connectivity index (χ1) is 16.5. The molecule has 1 aliphatic rings. The maximum Gasteiger partial charge on any atom is 0.252 e. The van der Waals surface area contributed by atoms with Gasteiger partial charge in [-0.2, -0.15) is 4.31 Å². The standard InChI is InChI=1S/C26H27N3O3S2/c1-2-29-22-12-7-6-11-21(22)25(26(29)20-9-4-3-5-10-20)23(30)19-27-14-16-28(17-15-27)34(31,32)24-13-8-18-33-24/h3-13,18H,2,14-17,19H2,1H3. The lowest BCUT2D eigenvalue weighted by Gasteiger charge is -2.33. The van der Waals surface area contributed by atoms with Crippen molar-refractivity contribution in [3.8, 4) is 11.3 Å². The molecular formula is C26H27N3O3S2. The average Bonchev–Trinajstić information content (AvgIpc) is 3.52. The van der Waals surface area contributed by atoms with Crippen LogP contribution in [-0.4, -0.2) is 60.7 Å². The van der Waals surface area contributed by atoms with Crippen LogP contribution >= 0.6 is 11.3 Å². The lowest BCUT2D eigenvalue weighted by molar-refractivity contribution is 0.0904. The first kappa shape index (κ1) is 23.0. The Morgan fingerprint density at radius 3 is 2.29 bits per heavy atom. The number of aromatic nitrogens is 1. The molecule has 3 heterocycles. The van der Waals surface area contributed by atoms with Gasteiger partial charge in [0.25, 0.3) is 10.0 Å². The number of hydrogen-bond donors (Lipinski definition) is 0. The van der Waals surface area contributed by atoms with E-state index in [1.807, 2.05) is 48.5 Å². The monoisotopic (exact) mass is 493 g/mol. The van der Waals surface area contributed by atoms with Crippen molar-refractivity contribution in [2.45, 2.75) is 17.7 Å². The van der Waals surface area contributed by atoms with Gasteiger partial charge in [0.2, 0.25) is 0 Å². The van der Waals surface area contributed by atoms with Gasteiger partial charge in [0, 0.05) is 43.6 Å². The number of nitrogens with zero attached hydrogens (tertiary/aromatic N) is 3. The third-order valence-corrected chi connectivity index (χ3v) is 9.67. The van der Waals surface area contributed by atoms with Crippen LogP contribution in [0.3, 0.4) is 0 Å². The zero-order chi connectivity index (χ0) is 23.7. The van der Waals surface area contributed by atoms with Gasteiger partial charge < -0.3 is 4.57 Å². The van der Waals surface area contributed by atoms with Crippen LogP contribution in [0.4, 0.5) is 0 Å². The third kappa shape index (κ3) is 4.11. The van der Waals surface area contributed by atoms with E-state index in [1.165, 1.54) is 15.6 Å². The molecule has 1 saturated heterocycles. The zero-order valence-electron chi connectivity index (χ0n) is 19.1. The molecule has 0 saturated carbocycles. The number of rotatable bonds is 7. The minimum absolute atomic E-state index is 0.0665. The van der Waals surface area contributed by atoms with Crippen LogP contribution in [0.25, 0.3) is 22.2 Å². The maximum atomic E-state index is 13.7. The number of para-hydroxylation sites is 1. The van der Waals surface area contributed by atoms with Crippen LogP contribution in [0.2, 0.25) is 0 Å². The SMILES string of the molecule is CCn1c(-c2ccccc2)c(C(=O)CN2CCN(S(=O)(=O)c3cccs3)CC2)c2ccccc21. The van der Waals surface area contributed by atoms with Crippen LogP contribution in [0.1, 0.15) is 17.3 Å². The van der Waals surface area contributed by atoms with Gasteiger partial charge in [-0.15, -0.1) is 11.3 Å². The molecule has 2 aromatic carbocycles. The van der Waals surface area contributed by atoms with Crippen molar-refractivity contribution in [2.24, 2.45) is 0 Å². The molecule has 0 amide bonds. The summed E-state index contributed by atoms with van der Waals surface area (Å²) in [5.74, 6) is 0.0665. The number of Topliss-reactive ketones (excluding diaryl/α,β-unsaturated/α-hetero) is 1. The van der Waals surface area contributed by atoms with Crippen LogP contribution < -0.4 is 0 Å². The molecular weight excluding hydrogens is 466 g/mol. The molecule has 4 aromatic rings. The Hall–Kier alpha value is -2.78. The first-order valence-electron chi connectivity index (χ1n) is 11.5. The largest absolute Gasteiger partial charge is 0.340 e. The highest BCUT2D eigenvalue weighted by atomic mass is 32.2. The minimum atomic E-state index is -3.46. The second kappa shape index (κ2) is 9.46. The molecule has 0 N–H and O–H groups in total. The summed E-state index contributed by atoms with van der Waals surface area (Å²) in [5, 5.41) is 2.74. The number of sulfonamides is 1. The fraction of sp³-hybridized carbons (Fsp3) is 0.269. The van der Waals surface area contributed by atoms with E-state index in [2.05, 4.69) is 22.5 Å². The molecule has 1 aliphatic heterocycles. The van der Waals surface area contributed by atoms with E-state index in [1.54, 1.807) is 17.5 Å². The predicted molar refractivity (Wildman–Crippen MR) is 137 cm³/mol. The average molecular weight is 494 g/mol. The molecule has 1 fully saturated rings. The molecule has 2 aromatic heterocycles. The smallest absolute Gasteiger partial charge is 0.252 e. The number of aryl methyl sites for hydroxylation is 1. The van der Waals surface area contributed by atoms with Gasteiger partial charge >= 0.3 is 0 Å². The Kier molecular flexibility index (Phi) is 6.40. The van der Waals surface area contributed by atoms with Gasteiger partial charge in [-0.05, 0) is 30.0 Å². The lowest BCUT2D eigenvalue weighted by Crippen LogP contribution is -2.49. The normalized spacial score (nSPS) is 15.7. The number of carbonyl (C=O) groups is 1. The lowest BCUT2D eigenvalue weighted by atomic mass is 10.0. The molecule has 0 atom stereocenters. The van der Waals surface area contributed by atoms with Crippen molar-refractivity contribution < 1.29 is 13.2 Å². The van der Waals surface area contributed by atoms with Crippen LogP contribution in [0.5, 0.6) is 0 Å². The van der Waals surface area contributed by atoms with E-state index in [0.29, 0.717) is 30.4 Å². The van der Waals surface area contributed by atoms with Crippen LogP contribution in [-0.2, 0) is 16.6 Å². The summed E-state index contributed by atoms with van der Waals surface area (Å²) in [6.45, 7) is 4.96. The topological polar surface area (TPSA) is 62.6 Å². The van der Waals surface area contributed by atoms with E-state index >= 15 is 0 Å². The Balaban J connectivity index is 1.41. The maximum absolute atomic E-state index is 13.7. The molecule has 176 valence electrons. The van der Waals surface area contributed by atoms with Gasteiger partial charge in [0.05, 0.1) is 17.8 Å². The molecule has 0 spiro atoms. The number of fused-ring (bicyclic) bond motifs is 1. The minimum Gasteiger partial charge on any atom is -0.340 e. The van der Waals surface area contributed by atoms with Crippen LogP contribution in [0, 0.1) is 0 Å². The van der Waals surface area contributed by atoms with Crippen LogP contribution in [0.15, 0.2) is 76.3 Å². The first-order valence-corrected chi connectivity index (χ1v) is 13.8. The number of carbonyl (C=O) groups excluding carboxylic acids is 1. The second-order valence-corrected chi connectivity index (χ2v) is 11.5. The Morgan fingerprint density at radius 1 is 0.912 bits per heavy atom. The number of thiophene rings is 1. The molecule has 6 nitrogen and oxygen atoms in total. The molecule has 0 radical (unpaired) electrons. The summed E-state index contributed by atoms with van der Waals surface area (Å²) in [4.78, 5) is 15.8. The highest BCUT2D eigenvalue weighted by Gasteiger charge is 2.31. The third-order valence-electron chi connectivity index (χ3n) is 6.40. The van der Waals surface area contributed by atoms with Crippen molar-refractivity contribution in [1.82, 2.24) is 13.8 Å². The number of hydrogen-bond acceptors (Lipinski definition) is 5. The number of benzene rings is 2. The van der Waals surface area contributed by atoms with E-state index in [9.17, 15) is 13.2 Å². The molecule has 34 heavy (non-hydrogen) atoms. The summed E-state index contributed by atoms with van der Waals surface area (Å²) in [6.07, 6.45) is 0. The van der Waals surface area contributed by atoms with Crippen molar-refractivity contribution in [1.29, 1.82) is 0 Å². The highest BCUT2D eigenvalue weighted by Crippen LogP contribution is 2.34. The van der Waals surface area contributed by atoms with Gasteiger partial charge in [-0.3, -0.25) is 9.69 Å². The number of ketones is 1. The molecule has 5 rings (SSSR count). The van der Waals surface area contributed by atoms with Crippen molar-refractivity contribution in [3.05, 3.63) is 77.7 Å².